The van der Waals surface area contributed by atoms with E-state index in [4.69, 9.17) is 20.6 Å². The van der Waals surface area contributed by atoms with Gasteiger partial charge >= 0.3 is 5.97 Å². The molecule has 0 aliphatic rings. The van der Waals surface area contributed by atoms with Crippen LogP contribution in [0.25, 0.3) is 11.0 Å². The minimum absolute atomic E-state index is 0.250. The summed E-state index contributed by atoms with van der Waals surface area (Å²) in [6.45, 7) is 1.99. The molecular formula is C17H17BrN6O3. The van der Waals surface area contributed by atoms with Gasteiger partial charge in [-0.2, -0.15) is 0 Å². The molecule has 140 valence electrons. The predicted octanol–water partition coefficient (Wildman–Crippen LogP) is 3.23. The van der Waals surface area contributed by atoms with Gasteiger partial charge in [0.1, 0.15) is 29.2 Å². The maximum atomic E-state index is 12.1. The van der Waals surface area contributed by atoms with Crippen molar-refractivity contribution in [2.45, 2.75) is 6.92 Å². The number of hydrogen-bond acceptors (Lipinski definition) is 8. The quantitative estimate of drug-likeness (QED) is 0.266. The number of H-pyrrole nitrogens is 1. The summed E-state index contributed by atoms with van der Waals surface area (Å²) < 4.78 is 10.9. The number of rotatable bonds is 6. The fourth-order valence-electron chi connectivity index (χ4n) is 2.56. The van der Waals surface area contributed by atoms with E-state index < -0.39 is 5.97 Å². The predicted molar refractivity (Wildman–Crippen MR) is 106 cm³/mol. The SMILES string of the molecule is CCOC(=O)c1[nH]c2ncnc(Nc3cc(C=N)c(N)cc3OC)c2c1Br. The molecule has 0 aliphatic heterocycles. The molecule has 0 fully saturated rings. The molecule has 2 heterocycles. The number of nitrogen functional groups attached to an aromatic ring is 1. The number of carbonyl (C=O) groups is 1. The van der Waals surface area contributed by atoms with Gasteiger partial charge in [0.25, 0.3) is 0 Å². The number of aromatic nitrogens is 3. The van der Waals surface area contributed by atoms with Crippen molar-refractivity contribution in [3.63, 3.8) is 0 Å². The van der Waals surface area contributed by atoms with Gasteiger partial charge in [0, 0.05) is 23.5 Å². The molecule has 0 aliphatic carbocycles. The van der Waals surface area contributed by atoms with E-state index in [0.29, 0.717) is 44.0 Å². The molecule has 0 unspecified atom stereocenters. The Kier molecular flexibility index (Phi) is 5.26. The van der Waals surface area contributed by atoms with Gasteiger partial charge < -0.3 is 30.9 Å². The van der Waals surface area contributed by atoms with Crippen molar-refractivity contribution in [2.75, 3.05) is 24.8 Å². The smallest absolute Gasteiger partial charge is 0.355 e. The number of ether oxygens (including phenoxy) is 2. The van der Waals surface area contributed by atoms with Crippen LogP contribution in [0.4, 0.5) is 17.2 Å². The number of nitrogens with two attached hydrogens (primary N) is 1. The van der Waals surface area contributed by atoms with Crippen molar-refractivity contribution in [3.8, 4) is 5.75 Å². The first kappa shape index (κ1) is 18.6. The lowest BCUT2D eigenvalue weighted by atomic mass is 10.1. The topological polar surface area (TPSA) is 139 Å². The fraction of sp³-hybridized carbons (Fsp3) is 0.176. The zero-order chi connectivity index (χ0) is 19.6. The standard InChI is InChI=1S/C17H17BrN6O3/c1-3-27-17(25)14-13(18)12-15(21-7-22-16(12)24-14)23-10-4-8(6-19)9(20)5-11(10)26-2/h4-7,19H,3,20H2,1-2H3,(H2,21,22,23,24). The average molecular weight is 433 g/mol. The zero-order valence-corrected chi connectivity index (χ0v) is 16.2. The van der Waals surface area contributed by atoms with E-state index in [1.807, 2.05) is 0 Å². The molecule has 1 aromatic carbocycles. The molecule has 0 radical (unpaired) electrons. The van der Waals surface area contributed by atoms with Crippen LogP contribution in [0.1, 0.15) is 23.0 Å². The molecule has 0 spiro atoms. The summed E-state index contributed by atoms with van der Waals surface area (Å²) in [5.41, 5.74) is 8.13. The van der Waals surface area contributed by atoms with Gasteiger partial charge in [-0.3, -0.25) is 0 Å². The molecule has 10 heteroatoms. The first-order valence-corrected chi connectivity index (χ1v) is 8.73. The van der Waals surface area contributed by atoms with Crippen LogP contribution in [0.5, 0.6) is 5.75 Å². The number of hydrogen-bond donors (Lipinski definition) is 4. The lowest BCUT2D eigenvalue weighted by molar-refractivity contribution is 0.0519. The largest absolute Gasteiger partial charge is 0.494 e. The summed E-state index contributed by atoms with van der Waals surface area (Å²) in [5, 5.41) is 11.2. The highest BCUT2D eigenvalue weighted by Gasteiger charge is 2.21. The summed E-state index contributed by atoms with van der Waals surface area (Å²) in [5.74, 6) is 0.435. The molecule has 3 aromatic rings. The van der Waals surface area contributed by atoms with Gasteiger partial charge in [-0.15, -0.1) is 0 Å². The van der Waals surface area contributed by atoms with Crippen molar-refractivity contribution < 1.29 is 14.3 Å². The van der Waals surface area contributed by atoms with Crippen molar-refractivity contribution >= 4 is 56.3 Å². The minimum atomic E-state index is -0.496. The van der Waals surface area contributed by atoms with Crippen LogP contribution in [0.2, 0.25) is 0 Å². The van der Waals surface area contributed by atoms with Crippen LogP contribution in [-0.4, -0.2) is 40.9 Å². The Labute approximate surface area is 162 Å². The number of benzene rings is 1. The van der Waals surface area contributed by atoms with Crippen LogP contribution in [0, 0.1) is 5.41 Å². The Morgan fingerprint density at radius 1 is 1.44 bits per heavy atom. The molecule has 0 amide bonds. The number of methoxy groups -OCH3 is 1. The van der Waals surface area contributed by atoms with E-state index in [1.54, 1.807) is 19.1 Å². The Bertz CT molecular complexity index is 1030. The Hall–Kier alpha value is -3.14. The van der Waals surface area contributed by atoms with Crippen LogP contribution < -0.4 is 15.8 Å². The highest BCUT2D eigenvalue weighted by molar-refractivity contribution is 9.10. The summed E-state index contributed by atoms with van der Waals surface area (Å²) in [6.07, 6.45) is 2.52. The van der Waals surface area contributed by atoms with Gasteiger partial charge in [-0.1, -0.05) is 0 Å². The van der Waals surface area contributed by atoms with Gasteiger partial charge in [0.2, 0.25) is 0 Å². The minimum Gasteiger partial charge on any atom is -0.494 e. The second-order valence-electron chi connectivity index (χ2n) is 5.43. The van der Waals surface area contributed by atoms with E-state index in [1.165, 1.54) is 13.4 Å². The summed E-state index contributed by atoms with van der Waals surface area (Å²) >= 11 is 3.42. The number of esters is 1. The van der Waals surface area contributed by atoms with Gasteiger partial charge in [0.15, 0.2) is 0 Å². The molecule has 5 N–H and O–H groups in total. The van der Waals surface area contributed by atoms with Gasteiger partial charge in [0.05, 0.1) is 29.3 Å². The third kappa shape index (κ3) is 3.43. The summed E-state index contributed by atoms with van der Waals surface area (Å²) in [6, 6.07) is 3.30. The number of fused-ring (bicyclic) bond motifs is 1. The maximum absolute atomic E-state index is 12.1. The van der Waals surface area contributed by atoms with Crippen LogP contribution >= 0.6 is 15.9 Å². The fourth-order valence-corrected chi connectivity index (χ4v) is 3.19. The van der Waals surface area contributed by atoms with Crippen molar-refractivity contribution in [1.29, 1.82) is 5.41 Å². The molecule has 2 aromatic heterocycles. The molecule has 0 atom stereocenters. The van der Waals surface area contributed by atoms with Crippen LogP contribution in [0.3, 0.4) is 0 Å². The molecule has 9 nitrogen and oxygen atoms in total. The first-order chi connectivity index (χ1) is 13.0. The number of nitrogens with zero attached hydrogens (tertiary/aromatic N) is 2. The van der Waals surface area contributed by atoms with E-state index in [2.05, 4.69) is 36.2 Å². The monoisotopic (exact) mass is 432 g/mol. The van der Waals surface area contributed by atoms with Crippen LogP contribution in [0.15, 0.2) is 22.9 Å². The second kappa shape index (κ2) is 7.62. The average Bonchev–Trinajstić information content (AvgIpc) is 3.00. The maximum Gasteiger partial charge on any atom is 0.355 e. The number of anilines is 3. The number of halogens is 1. The van der Waals surface area contributed by atoms with Crippen molar-refractivity contribution in [3.05, 3.63) is 34.2 Å². The lowest BCUT2D eigenvalue weighted by Crippen LogP contribution is -2.05. The van der Waals surface area contributed by atoms with E-state index in [0.717, 1.165) is 6.21 Å². The highest BCUT2D eigenvalue weighted by atomic mass is 79.9. The number of aromatic amines is 1. The van der Waals surface area contributed by atoms with Gasteiger partial charge in [-0.05, 0) is 28.9 Å². The molecule has 0 bridgehead atoms. The van der Waals surface area contributed by atoms with E-state index in [-0.39, 0.29) is 12.3 Å². The van der Waals surface area contributed by atoms with E-state index in [9.17, 15) is 4.79 Å². The zero-order valence-electron chi connectivity index (χ0n) is 14.6. The van der Waals surface area contributed by atoms with Gasteiger partial charge in [-0.25, -0.2) is 14.8 Å². The molecular weight excluding hydrogens is 416 g/mol. The van der Waals surface area contributed by atoms with E-state index >= 15 is 0 Å². The molecule has 3 rings (SSSR count). The number of nitrogens with one attached hydrogen (secondary N) is 3. The normalized spacial score (nSPS) is 10.6. The lowest BCUT2D eigenvalue weighted by Gasteiger charge is -2.13. The van der Waals surface area contributed by atoms with Crippen molar-refractivity contribution in [2.24, 2.45) is 0 Å². The Balaban J connectivity index is 2.11. The van der Waals surface area contributed by atoms with Crippen molar-refractivity contribution in [1.82, 2.24) is 15.0 Å². The molecule has 0 saturated heterocycles. The second-order valence-corrected chi connectivity index (χ2v) is 6.22. The molecule has 0 saturated carbocycles. The first-order valence-electron chi connectivity index (χ1n) is 7.94. The van der Waals surface area contributed by atoms with Crippen LogP contribution in [-0.2, 0) is 4.74 Å². The number of carbonyl (C=O) groups excluding carboxylic acids is 1. The summed E-state index contributed by atoms with van der Waals surface area (Å²) in [7, 11) is 1.52. The summed E-state index contributed by atoms with van der Waals surface area (Å²) in [4.78, 5) is 23.5. The Morgan fingerprint density at radius 3 is 2.89 bits per heavy atom. The third-order valence-electron chi connectivity index (χ3n) is 3.82. The Morgan fingerprint density at radius 2 is 2.22 bits per heavy atom. The highest BCUT2D eigenvalue weighted by Crippen LogP contribution is 2.36. The third-order valence-corrected chi connectivity index (χ3v) is 4.62. The molecule has 27 heavy (non-hydrogen) atoms.